The van der Waals surface area contributed by atoms with E-state index in [4.69, 9.17) is 29.2 Å². The van der Waals surface area contributed by atoms with Crippen molar-refractivity contribution in [2.45, 2.75) is 112 Å². The Morgan fingerprint density at radius 2 is 0.844 bits per heavy atom. The van der Waals surface area contributed by atoms with Gasteiger partial charge in [-0.2, -0.15) is 13.1 Å². The van der Waals surface area contributed by atoms with E-state index in [-0.39, 0.29) is 0 Å². The molecule has 0 saturated heterocycles. The Morgan fingerprint density at radius 1 is 0.594 bits per heavy atom. The zero-order valence-electron chi connectivity index (χ0n) is 22.3. The molecule has 2 rings (SSSR count). The predicted molar refractivity (Wildman–Crippen MR) is 141 cm³/mol. The van der Waals surface area contributed by atoms with Crippen molar-refractivity contribution in [3.8, 4) is 0 Å². The van der Waals surface area contributed by atoms with Crippen LogP contribution in [0.3, 0.4) is 0 Å². The fourth-order valence-corrected chi connectivity index (χ4v) is 6.50. The van der Waals surface area contributed by atoms with Crippen molar-refractivity contribution in [3.63, 3.8) is 0 Å². The summed E-state index contributed by atoms with van der Waals surface area (Å²) in [6.45, 7) is 21.3. The molecule has 0 radical (unpaired) electrons. The number of hydrogen-bond donors (Lipinski definition) is 0. The van der Waals surface area contributed by atoms with Crippen molar-refractivity contribution in [3.05, 3.63) is 10.6 Å². The molecule has 2 aliphatic rings. The first-order valence-corrected chi connectivity index (χ1v) is 17.7. The summed E-state index contributed by atoms with van der Waals surface area (Å²) < 4.78 is 0. The van der Waals surface area contributed by atoms with Gasteiger partial charge in [0, 0.05) is 0 Å². The van der Waals surface area contributed by atoms with Crippen molar-refractivity contribution in [1.82, 2.24) is 0 Å². The van der Waals surface area contributed by atoms with Crippen LogP contribution in [0, 0.1) is 47.3 Å². The van der Waals surface area contributed by atoms with Crippen LogP contribution in [0.5, 0.6) is 0 Å². The average molecular weight is 524 g/mol. The Bertz CT molecular complexity index is 401. The van der Waals surface area contributed by atoms with Gasteiger partial charge in [0.1, 0.15) is 0 Å². The van der Waals surface area contributed by atoms with Gasteiger partial charge in [0.25, 0.3) is 0 Å². The van der Waals surface area contributed by atoms with Gasteiger partial charge in [-0.1, -0.05) is 124 Å². The van der Waals surface area contributed by atoms with Gasteiger partial charge in [-0.15, -0.1) is 12.1 Å². The molecule has 0 aromatic rings. The van der Waals surface area contributed by atoms with Gasteiger partial charge in [0.15, 0.2) is 0 Å². The van der Waals surface area contributed by atoms with Crippen molar-refractivity contribution >= 4 is 18.6 Å². The van der Waals surface area contributed by atoms with E-state index < -0.39 is 17.0 Å². The Hall–Kier alpha value is 1.21. The van der Waals surface area contributed by atoms with E-state index in [1.165, 1.54) is 38.5 Å². The van der Waals surface area contributed by atoms with Gasteiger partial charge in [-0.3, -0.25) is 0 Å². The molecule has 0 amide bonds. The first-order valence-electron chi connectivity index (χ1n) is 13.4. The number of rotatable bonds is 10. The van der Waals surface area contributed by atoms with Crippen molar-refractivity contribution < 1.29 is 17.0 Å². The molecule has 2 fully saturated rings. The first kappa shape index (κ1) is 31.2. The Balaban J connectivity index is 0.00000161. The zero-order valence-corrected chi connectivity index (χ0v) is 25.4. The van der Waals surface area contributed by atoms with Crippen LogP contribution < -0.4 is 0 Å². The third-order valence-corrected chi connectivity index (χ3v) is 8.33. The molecule has 0 heterocycles. The summed E-state index contributed by atoms with van der Waals surface area (Å²) in [7, 11) is 9.78. The van der Waals surface area contributed by atoms with Crippen LogP contribution in [0.1, 0.15) is 100 Å². The van der Waals surface area contributed by atoms with Gasteiger partial charge in [0.05, 0.1) is 0 Å². The van der Waals surface area contributed by atoms with Crippen molar-refractivity contribution in [1.29, 1.82) is 0 Å². The monoisotopic (exact) mass is 522 g/mol. The molecule has 0 N–H and O–H groups in total. The summed E-state index contributed by atoms with van der Waals surface area (Å²) in [6, 6.07) is 1.18. The summed E-state index contributed by atoms with van der Waals surface area (Å²) >= 11 is -0.556. The van der Waals surface area contributed by atoms with Crippen LogP contribution in [0.15, 0.2) is 0 Å². The maximum absolute atomic E-state index is 5.32. The van der Waals surface area contributed by atoms with E-state index >= 15 is 0 Å². The second-order valence-corrected chi connectivity index (χ2v) is 14.3. The first-order chi connectivity index (χ1) is 15.1. The molecule has 2 saturated carbocycles. The third-order valence-electron chi connectivity index (χ3n) is 8.33. The normalized spacial score (nSPS) is 31.2. The summed E-state index contributed by atoms with van der Waals surface area (Å²) in [5.74, 6) is 6.21. The Morgan fingerprint density at radius 3 is 1.06 bits per heavy atom. The molecule has 5 heteroatoms. The van der Waals surface area contributed by atoms with Crippen LogP contribution in [-0.2, 0) is 17.0 Å². The van der Waals surface area contributed by atoms with Crippen LogP contribution in [0.4, 0.5) is 0 Å². The number of nitrogens with zero attached hydrogens (tertiary/aromatic N) is 2. The molecule has 0 aromatic carbocycles. The molecule has 2 aliphatic carbocycles. The third kappa shape index (κ3) is 10.1. The molecule has 0 aliphatic heterocycles. The van der Waals surface area contributed by atoms with Crippen LogP contribution in [0.2, 0.25) is 0 Å². The molecule has 190 valence electrons. The standard InChI is InChI=1S/C27H52N2.2ClH.Ti/c1-18(2)22-12-9-13-23(19(3)4)26(22)28-16-11-17-29-27-24(20(5)6)14-10-15-25(27)21(7)8;;;/h18-27H,9-17H2,1-8H3;2*1H;/q-2;;;+2/p-2. The van der Waals surface area contributed by atoms with E-state index in [0.717, 1.165) is 66.9 Å². The molecule has 0 aromatic heterocycles. The summed E-state index contributed by atoms with van der Waals surface area (Å²) in [5.41, 5.74) is 0. The average Bonchev–Trinajstić information content (AvgIpc) is 2.73. The maximum atomic E-state index is 5.32. The van der Waals surface area contributed by atoms with Gasteiger partial charge >= 0.3 is 35.6 Å². The molecule has 4 unspecified atom stereocenters. The van der Waals surface area contributed by atoms with Crippen LogP contribution in [-0.4, -0.2) is 25.2 Å². The van der Waals surface area contributed by atoms with Gasteiger partial charge < -0.3 is 10.6 Å². The molecular weight excluding hydrogens is 471 g/mol. The summed E-state index contributed by atoms with van der Waals surface area (Å²) in [4.78, 5) is 0. The molecule has 2 nitrogen and oxygen atoms in total. The van der Waals surface area contributed by atoms with Crippen LogP contribution in [0.25, 0.3) is 10.6 Å². The fourth-order valence-electron chi connectivity index (χ4n) is 6.50. The second-order valence-electron chi connectivity index (χ2n) is 11.7. The quantitative estimate of drug-likeness (QED) is 0.201. The predicted octanol–water partition coefficient (Wildman–Crippen LogP) is 9.69. The van der Waals surface area contributed by atoms with Gasteiger partial charge in [-0.25, -0.2) is 0 Å². The summed E-state index contributed by atoms with van der Waals surface area (Å²) in [6.07, 6.45) is 9.49. The van der Waals surface area contributed by atoms with E-state index in [9.17, 15) is 0 Å². The molecule has 4 atom stereocenters. The van der Waals surface area contributed by atoms with Crippen molar-refractivity contribution in [2.75, 3.05) is 13.1 Å². The van der Waals surface area contributed by atoms with E-state index in [2.05, 4.69) is 55.4 Å². The molecule has 32 heavy (non-hydrogen) atoms. The molecule has 0 bridgehead atoms. The SMILES string of the molecule is CC(C)C1CCCC(C(C)C)C1[N-]CCC[N-]C1C(C(C)C)CCCC1C(C)C.[Cl][Ti][Cl]. The molecule has 0 spiro atoms. The Labute approximate surface area is 218 Å². The van der Waals surface area contributed by atoms with Gasteiger partial charge in [0.2, 0.25) is 0 Å². The van der Waals surface area contributed by atoms with Crippen LogP contribution >= 0.6 is 18.6 Å². The minimum atomic E-state index is -0.556. The fraction of sp³-hybridized carbons (Fsp3) is 1.00. The topological polar surface area (TPSA) is 28.2 Å². The van der Waals surface area contributed by atoms with E-state index in [1.54, 1.807) is 0 Å². The van der Waals surface area contributed by atoms with E-state index in [0.29, 0.717) is 12.1 Å². The zero-order chi connectivity index (χ0) is 24.3. The van der Waals surface area contributed by atoms with Gasteiger partial charge in [-0.05, 0) is 23.7 Å². The number of hydrogen-bond acceptors (Lipinski definition) is 0. The van der Waals surface area contributed by atoms with E-state index in [1.807, 2.05) is 0 Å². The second kappa shape index (κ2) is 16.8. The Kier molecular flexibility index (Phi) is 16.4. The van der Waals surface area contributed by atoms with Crippen molar-refractivity contribution in [2.24, 2.45) is 47.3 Å². The number of halogens is 2. The molecular formula is C27H52Cl2N2Ti-2. The summed E-state index contributed by atoms with van der Waals surface area (Å²) in [5, 5.41) is 10.6. The minimum absolute atomic E-state index is 0.556.